The molecule has 1 fully saturated rings. The van der Waals surface area contributed by atoms with Crippen LogP contribution in [0.15, 0.2) is 0 Å². The molecule has 0 aromatic heterocycles. The predicted octanol–water partition coefficient (Wildman–Crippen LogP) is 0.854. The second-order valence-electron chi connectivity index (χ2n) is 3.82. The van der Waals surface area contributed by atoms with Crippen LogP contribution in [-0.4, -0.2) is 37.0 Å². The molecule has 1 heterocycles. The van der Waals surface area contributed by atoms with E-state index in [2.05, 4.69) is 23.8 Å². The van der Waals surface area contributed by atoms with Crippen molar-refractivity contribution in [2.45, 2.75) is 25.0 Å². The number of hydrogen-bond acceptors (Lipinski definition) is 3. The molecular formula is C10H20N2OS. The average Bonchev–Trinajstić information content (AvgIpc) is 2.26. The molecule has 1 amide bonds. The second-order valence-corrected chi connectivity index (χ2v) is 5.09. The Morgan fingerprint density at radius 2 is 2.21 bits per heavy atom. The Kier molecular flexibility index (Phi) is 5.33. The minimum absolute atomic E-state index is 0.241. The number of piperidine rings is 1. The van der Waals surface area contributed by atoms with Gasteiger partial charge in [-0.2, -0.15) is 11.8 Å². The smallest absolute Gasteiger partial charge is 0.223 e. The lowest BCUT2D eigenvalue weighted by Gasteiger charge is -2.22. The van der Waals surface area contributed by atoms with Gasteiger partial charge in [0.1, 0.15) is 0 Å². The van der Waals surface area contributed by atoms with Crippen LogP contribution in [0, 0.1) is 5.92 Å². The van der Waals surface area contributed by atoms with E-state index in [9.17, 15) is 4.79 Å². The van der Waals surface area contributed by atoms with Crippen LogP contribution >= 0.6 is 11.8 Å². The predicted molar refractivity (Wildman–Crippen MR) is 61.6 cm³/mol. The molecule has 0 aromatic carbocycles. The Labute approximate surface area is 90.4 Å². The van der Waals surface area contributed by atoms with Gasteiger partial charge in [-0.25, -0.2) is 0 Å². The molecule has 1 rings (SSSR count). The lowest BCUT2D eigenvalue weighted by atomic mass is 9.97. The molecule has 3 nitrogen and oxygen atoms in total. The topological polar surface area (TPSA) is 41.1 Å². The van der Waals surface area contributed by atoms with E-state index in [0.29, 0.717) is 5.25 Å². The highest BCUT2D eigenvalue weighted by Gasteiger charge is 2.20. The molecule has 2 N–H and O–H groups in total. The summed E-state index contributed by atoms with van der Waals surface area (Å²) in [7, 11) is 0. The van der Waals surface area contributed by atoms with Crippen LogP contribution in [0.1, 0.15) is 19.8 Å². The van der Waals surface area contributed by atoms with Gasteiger partial charge in [0.05, 0.1) is 0 Å². The summed E-state index contributed by atoms with van der Waals surface area (Å²) in [6, 6.07) is 0. The van der Waals surface area contributed by atoms with Crippen LogP contribution in [0.25, 0.3) is 0 Å². The van der Waals surface area contributed by atoms with E-state index >= 15 is 0 Å². The SMILES string of the molecule is CSC(C)CNC(=O)C1CCNCC1. The van der Waals surface area contributed by atoms with Crippen LogP contribution in [0.4, 0.5) is 0 Å². The van der Waals surface area contributed by atoms with Crippen molar-refractivity contribution in [2.24, 2.45) is 5.92 Å². The number of rotatable bonds is 4. The summed E-state index contributed by atoms with van der Waals surface area (Å²) in [5.74, 6) is 0.484. The fourth-order valence-corrected chi connectivity index (χ4v) is 1.81. The summed E-state index contributed by atoms with van der Waals surface area (Å²) < 4.78 is 0. The van der Waals surface area contributed by atoms with E-state index in [0.717, 1.165) is 32.5 Å². The molecule has 0 spiro atoms. The van der Waals surface area contributed by atoms with Crippen LogP contribution < -0.4 is 10.6 Å². The molecule has 1 aliphatic rings. The average molecular weight is 216 g/mol. The number of amides is 1. The van der Waals surface area contributed by atoms with Crippen molar-refractivity contribution in [3.63, 3.8) is 0 Å². The normalized spacial score (nSPS) is 20.4. The van der Waals surface area contributed by atoms with Crippen molar-refractivity contribution in [3.8, 4) is 0 Å². The molecular weight excluding hydrogens is 196 g/mol. The first-order valence-electron chi connectivity index (χ1n) is 5.25. The van der Waals surface area contributed by atoms with Gasteiger partial charge in [0.2, 0.25) is 5.91 Å². The first-order chi connectivity index (χ1) is 6.74. The van der Waals surface area contributed by atoms with Crippen LogP contribution in [0.3, 0.4) is 0 Å². The Morgan fingerprint density at radius 1 is 1.57 bits per heavy atom. The van der Waals surface area contributed by atoms with Crippen LogP contribution in [-0.2, 0) is 4.79 Å². The molecule has 0 aromatic rings. The Morgan fingerprint density at radius 3 is 2.79 bits per heavy atom. The fraction of sp³-hybridized carbons (Fsp3) is 0.900. The van der Waals surface area contributed by atoms with Gasteiger partial charge in [-0.05, 0) is 32.2 Å². The van der Waals surface area contributed by atoms with Gasteiger partial charge < -0.3 is 10.6 Å². The summed E-state index contributed by atoms with van der Waals surface area (Å²) in [4.78, 5) is 11.7. The van der Waals surface area contributed by atoms with E-state index in [1.165, 1.54) is 0 Å². The number of carbonyl (C=O) groups is 1. The van der Waals surface area contributed by atoms with Crippen LogP contribution in [0.2, 0.25) is 0 Å². The van der Waals surface area contributed by atoms with E-state index in [1.54, 1.807) is 11.8 Å². The zero-order valence-corrected chi connectivity index (χ0v) is 9.82. The summed E-state index contributed by atoms with van der Waals surface area (Å²) >= 11 is 1.79. The van der Waals surface area contributed by atoms with E-state index < -0.39 is 0 Å². The highest BCUT2D eigenvalue weighted by Crippen LogP contribution is 2.11. The molecule has 1 unspecified atom stereocenters. The van der Waals surface area contributed by atoms with Crippen molar-refractivity contribution in [2.75, 3.05) is 25.9 Å². The lowest BCUT2D eigenvalue weighted by Crippen LogP contribution is -2.39. The third-order valence-corrected chi connectivity index (χ3v) is 3.65. The van der Waals surface area contributed by atoms with E-state index in [1.807, 2.05) is 0 Å². The van der Waals surface area contributed by atoms with Gasteiger partial charge in [0.15, 0.2) is 0 Å². The maximum Gasteiger partial charge on any atom is 0.223 e. The third kappa shape index (κ3) is 3.88. The van der Waals surface area contributed by atoms with Gasteiger partial charge in [0, 0.05) is 17.7 Å². The molecule has 1 aliphatic heterocycles. The summed E-state index contributed by atoms with van der Waals surface area (Å²) in [5, 5.41) is 6.79. The van der Waals surface area contributed by atoms with Gasteiger partial charge in [0.25, 0.3) is 0 Å². The Hall–Kier alpha value is -0.220. The highest BCUT2D eigenvalue weighted by atomic mass is 32.2. The lowest BCUT2D eigenvalue weighted by molar-refractivity contribution is -0.125. The molecule has 1 atom stereocenters. The summed E-state index contributed by atoms with van der Waals surface area (Å²) in [5.41, 5.74) is 0. The zero-order chi connectivity index (χ0) is 10.4. The molecule has 0 bridgehead atoms. The van der Waals surface area contributed by atoms with Gasteiger partial charge in [-0.15, -0.1) is 0 Å². The standard InChI is InChI=1S/C10H20N2OS/c1-8(14-2)7-12-10(13)9-3-5-11-6-4-9/h8-9,11H,3-7H2,1-2H3,(H,12,13). The number of carbonyl (C=O) groups excluding carboxylic acids is 1. The fourth-order valence-electron chi connectivity index (χ4n) is 1.56. The number of hydrogen-bond donors (Lipinski definition) is 2. The van der Waals surface area contributed by atoms with Crippen LogP contribution in [0.5, 0.6) is 0 Å². The monoisotopic (exact) mass is 216 g/mol. The molecule has 0 saturated carbocycles. The van der Waals surface area contributed by atoms with Crippen molar-refractivity contribution >= 4 is 17.7 Å². The number of thioether (sulfide) groups is 1. The molecule has 82 valence electrons. The molecule has 1 saturated heterocycles. The van der Waals surface area contributed by atoms with Crippen molar-refractivity contribution in [3.05, 3.63) is 0 Å². The minimum Gasteiger partial charge on any atom is -0.355 e. The summed E-state index contributed by atoms with van der Waals surface area (Å²) in [6.45, 7) is 4.89. The second kappa shape index (κ2) is 6.30. The quantitative estimate of drug-likeness (QED) is 0.732. The molecule has 0 aliphatic carbocycles. The molecule has 0 radical (unpaired) electrons. The first-order valence-corrected chi connectivity index (χ1v) is 6.54. The van der Waals surface area contributed by atoms with Crippen molar-refractivity contribution in [1.29, 1.82) is 0 Å². The van der Waals surface area contributed by atoms with Crippen molar-refractivity contribution in [1.82, 2.24) is 10.6 Å². The zero-order valence-electron chi connectivity index (χ0n) is 9.01. The molecule has 14 heavy (non-hydrogen) atoms. The first kappa shape index (κ1) is 11.9. The molecule has 4 heteroatoms. The van der Waals surface area contributed by atoms with Gasteiger partial charge >= 0.3 is 0 Å². The largest absolute Gasteiger partial charge is 0.355 e. The van der Waals surface area contributed by atoms with Gasteiger partial charge in [-0.3, -0.25) is 4.79 Å². The minimum atomic E-state index is 0.241. The number of nitrogens with one attached hydrogen (secondary N) is 2. The van der Waals surface area contributed by atoms with Gasteiger partial charge in [-0.1, -0.05) is 6.92 Å². The Bertz CT molecular complexity index is 181. The maximum atomic E-state index is 11.7. The summed E-state index contributed by atoms with van der Waals surface area (Å²) in [6.07, 6.45) is 4.04. The van der Waals surface area contributed by atoms with E-state index in [4.69, 9.17) is 0 Å². The van der Waals surface area contributed by atoms with E-state index in [-0.39, 0.29) is 11.8 Å². The third-order valence-electron chi connectivity index (χ3n) is 2.68. The Balaban J connectivity index is 2.19. The highest BCUT2D eigenvalue weighted by molar-refractivity contribution is 7.99. The van der Waals surface area contributed by atoms with Crippen molar-refractivity contribution < 1.29 is 4.79 Å². The maximum absolute atomic E-state index is 11.7.